The molecule has 1 saturated heterocycles. The van der Waals surface area contributed by atoms with Crippen LogP contribution in [0, 0.1) is 5.92 Å². The first kappa shape index (κ1) is 10.4. The van der Waals surface area contributed by atoms with Gasteiger partial charge in [-0.3, -0.25) is 4.90 Å². The molecule has 0 spiro atoms. The van der Waals surface area contributed by atoms with Crippen molar-refractivity contribution in [3.8, 4) is 0 Å². The maximum atomic E-state index is 5.45. The van der Waals surface area contributed by atoms with Gasteiger partial charge in [-0.1, -0.05) is 13.8 Å². The SMILES string of the molecule is CC(C)CONC1CCN(C2CC2)C1. The fraction of sp³-hybridized carbons (Fsp3) is 1.00. The van der Waals surface area contributed by atoms with Gasteiger partial charge in [0, 0.05) is 25.2 Å². The summed E-state index contributed by atoms with van der Waals surface area (Å²) in [5.74, 6) is 0.614. The molecule has 3 nitrogen and oxygen atoms in total. The highest BCUT2D eigenvalue weighted by Crippen LogP contribution is 2.29. The third-order valence-corrected chi connectivity index (χ3v) is 2.95. The molecule has 1 atom stereocenters. The first-order chi connectivity index (χ1) is 6.75. The summed E-state index contributed by atoms with van der Waals surface area (Å²) in [5, 5.41) is 0. The highest BCUT2D eigenvalue weighted by atomic mass is 16.6. The molecule has 1 heterocycles. The van der Waals surface area contributed by atoms with Crippen molar-refractivity contribution < 1.29 is 4.84 Å². The molecule has 1 unspecified atom stereocenters. The van der Waals surface area contributed by atoms with Crippen LogP contribution in [0.2, 0.25) is 0 Å². The molecule has 0 bridgehead atoms. The molecule has 0 aromatic rings. The second-order valence-corrected chi connectivity index (χ2v) is 5.03. The Morgan fingerprint density at radius 1 is 1.36 bits per heavy atom. The zero-order chi connectivity index (χ0) is 9.97. The van der Waals surface area contributed by atoms with Crippen LogP contribution in [0.5, 0.6) is 0 Å². The van der Waals surface area contributed by atoms with E-state index in [4.69, 9.17) is 4.84 Å². The van der Waals surface area contributed by atoms with Gasteiger partial charge in [-0.05, 0) is 25.2 Å². The van der Waals surface area contributed by atoms with Gasteiger partial charge in [-0.25, -0.2) is 0 Å². The Balaban J connectivity index is 1.58. The number of rotatable bonds is 5. The Hall–Kier alpha value is -0.120. The van der Waals surface area contributed by atoms with E-state index in [1.165, 1.54) is 32.4 Å². The summed E-state index contributed by atoms with van der Waals surface area (Å²) in [6.07, 6.45) is 4.08. The summed E-state index contributed by atoms with van der Waals surface area (Å²) in [6, 6.07) is 1.47. The van der Waals surface area contributed by atoms with Crippen LogP contribution in [0.15, 0.2) is 0 Å². The van der Waals surface area contributed by atoms with Crippen molar-refractivity contribution >= 4 is 0 Å². The van der Waals surface area contributed by atoms with Crippen LogP contribution in [0.3, 0.4) is 0 Å². The number of nitrogens with one attached hydrogen (secondary N) is 1. The van der Waals surface area contributed by atoms with E-state index in [2.05, 4.69) is 24.2 Å². The largest absolute Gasteiger partial charge is 0.301 e. The normalized spacial score (nSPS) is 28.9. The maximum Gasteiger partial charge on any atom is 0.0705 e. The molecule has 0 aromatic carbocycles. The van der Waals surface area contributed by atoms with E-state index in [0.717, 1.165) is 12.6 Å². The van der Waals surface area contributed by atoms with E-state index >= 15 is 0 Å². The second-order valence-electron chi connectivity index (χ2n) is 5.03. The van der Waals surface area contributed by atoms with Crippen LogP contribution < -0.4 is 5.48 Å². The smallest absolute Gasteiger partial charge is 0.0705 e. The molecule has 0 aromatic heterocycles. The minimum Gasteiger partial charge on any atom is -0.301 e. The fourth-order valence-corrected chi connectivity index (χ4v) is 1.99. The summed E-state index contributed by atoms with van der Waals surface area (Å²) in [4.78, 5) is 8.04. The third kappa shape index (κ3) is 2.94. The average Bonchev–Trinajstić information content (AvgIpc) is 2.87. The summed E-state index contributed by atoms with van der Waals surface area (Å²) in [6.45, 7) is 7.61. The molecule has 0 amide bonds. The first-order valence-electron chi connectivity index (χ1n) is 5.87. The molecule has 1 N–H and O–H groups in total. The number of hydrogen-bond acceptors (Lipinski definition) is 3. The van der Waals surface area contributed by atoms with Gasteiger partial charge in [0.15, 0.2) is 0 Å². The van der Waals surface area contributed by atoms with E-state index in [1.54, 1.807) is 0 Å². The van der Waals surface area contributed by atoms with Crippen LogP contribution in [-0.4, -0.2) is 36.7 Å². The Morgan fingerprint density at radius 3 is 2.79 bits per heavy atom. The van der Waals surface area contributed by atoms with Gasteiger partial charge in [0.1, 0.15) is 0 Å². The second kappa shape index (κ2) is 4.60. The molecule has 14 heavy (non-hydrogen) atoms. The molecule has 3 heteroatoms. The summed E-state index contributed by atoms with van der Waals surface area (Å²) in [7, 11) is 0. The fourth-order valence-electron chi connectivity index (χ4n) is 1.99. The van der Waals surface area contributed by atoms with Crippen molar-refractivity contribution in [1.29, 1.82) is 0 Å². The van der Waals surface area contributed by atoms with Gasteiger partial charge in [0.25, 0.3) is 0 Å². The molecule has 2 rings (SSSR count). The molecule has 1 saturated carbocycles. The van der Waals surface area contributed by atoms with E-state index in [-0.39, 0.29) is 0 Å². The van der Waals surface area contributed by atoms with Crippen LogP contribution >= 0.6 is 0 Å². The number of nitrogens with zero attached hydrogens (tertiary/aromatic N) is 1. The molecule has 2 aliphatic rings. The average molecular weight is 198 g/mol. The lowest BCUT2D eigenvalue weighted by Crippen LogP contribution is -2.34. The Morgan fingerprint density at radius 2 is 2.14 bits per heavy atom. The van der Waals surface area contributed by atoms with Gasteiger partial charge >= 0.3 is 0 Å². The predicted octanol–water partition coefficient (Wildman–Crippen LogP) is 1.40. The highest BCUT2D eigenvalue weighted by molar-refractivity contribution is 4.90. The van der Waals surface area contributed by atoms with Crippen molar-refractivity contribution in [3.05, 3.63) is 0 Å². The quantitative estimate of drug-likeness (QED) is 0.676. The van der Waals surface area contributed by atoms with E-state index in [9.17, 15) is 0 Å². The van der Waals surface area contributed by atoms with E-state index < -0.39 is 0 Å². The van der Waals surface area contributed by atoms with E-state index in [1.807, 2.05) is 0 Å². The van der Waals surface area contributed by atoms with Crippen molar-refractivity contribution in [1.82, 2.24) is 10.4 Å². The van der Waals surface area contributed by atoms with Crippen molar-refractivity contribution in [2.24, 2.45) is 5.92 Å². The summed E-state index contributed by atoms with van der Waals surface area (Å²) >= 11 is 0. The minimum absolute atomic E-state index is 0.564. The zero-order valence-corrected chi connectivity index (χ0v) is 9.33. The Kier molecular flexibility index (Phi) is 3.42. The van der Waals surface area contributed by atoms with Crippen LogP contribution in [-0.2, 0) is 4.84 Å². The molecule has 0 radical (unpaired) electrons. The minimum atomic E-state index is 0.564. The Labute approximate surface area is 86.8 Å². The molecule has 82 valence electrons. The van der Waals surface area contributed by atoms with Crippen LogP contribution in [0.25, 0.3) is 0 Å². The number of likely N-dealkylation sites (tertiary alicyclic amines) is 1. The van der Waals surface area contributed by atoms with Gasteiger partial charge < -0.3 is 4.84 Å². The van der Waals surface area contributed by atoms with Crippen LogP contribution in [0.1, 0.15) is 33.1 Å². The summed E-state index contributed by atoms with van der Waals surface area (Å²) in [5.41, 5.74) is 3.18. The lowest BCUT2D eigenvalue weighted by atomic mass is 10.2. The van der Waals surface area contributed by atoms with Crippen molar-refractivity contribution in [2.75, 3.05) is 19.7 Å². The molecule has 1 aliphatic heterocycles. The van der Waals surface area contributed by atoms with Gasteiger partial charge in [-0.15, -0.1) is 0 Å². The number of hydroxylamine groups is 1. The molecule has 1 aliphatic carbocycles. The molecule has 2 fully saturated rings. The monoisotopic (exact) mass is 198 g/mol. The summed E-state index contributed by atoms with van der Waals surface area (Å²) < 4.78 is 0. The van der Waals surface area contributed by atoms with Gasteiger partial charge in [-0.2, -0.15) is 5.48 Å². The predicted molar refractivity (Wildman–Crippen MR) is 56.9 cm³/mol. The standard InChI is InChI=1S/C11H22N2O/c1-9(2)8-14-12-10-5-6-13(7-10)11-3-4-11/h9-12H,3-8H2,1-2H3. The van der Waals surface area contributed by atoms with Gasteiger partial charge in [0.2, 0.25) is 0 Å². The lowest BCUT2D eigenvalue weighted by molar-refractivity contribution is 0.00280. The Bertz CT molecular complexity index is 180. The maximum absolute atomic E-state index is 5.45. The topological polar surface area (TPSA) is 24.5 Å². The molecular formula is C11H22N2O. The molecular weight excluding hydrogens is 176 g/mol. The van der Waals surface area contributed by atoms with Gasteiger partial charge in [0.05, 0.1) is 6.61 Å². The van der Waals surface area contributed by atoms with Crippen molar-refractivity contribution in [2.45, 2.75) is 45.2 Å². The van der Waals surface area contributed by atoms with Crippen molar-refractivity contribution in [3.63, 3.8) is 0 Å². The number of hydrogen-bond donors (Lipinski definition) is 1. The van der Waals surface area contributed by atoms with E-state index in [0.29, 0.717) is 12.0 Å². The van der Waals surface area contributed by atoms with Crippen LogP contribution in [0.4, 0.5) is 0 Å². The zero-order valence-electron chi connectivity index (χ0n) is 9.33. The lowest BCUT2D eigenvalue weighted by Gasteiger charge is -2.16. The first-order valence-corrected chi connectivity index (χ1v) is 5.87. The third-order valence-electron chi connectivity index (χ3n) is 2.95. The highest BCUT2D eigenvalue weighted by Gasteiger charge is 2.34.